The van der Waals surface area contributed by atoms with Crippen molar-refractivity contribution < 1.29 is 14.3 Å². The lowest BCUT2D eigenvalue weighted by atomic mass is 9.82. The molecule has 1 fully saturated rings. The molecule has 5 heteroatoms. The maximum Gasteiger partial charge on any atom is 0.238 e. The Morgan fingerprint density at radius 3 is 2.45 bits per heavy atom. The molecule has 4 nitrogen and oxygen atoms in total. The van der Waals surface area contributed by atoms with E-state index in [2.05, 4.69) is 10.6 Å². The predicted molar refractivity (Wildman–Crippen MR) is 75.9 cm³/mol. The number of halogens is 1. The van der Waals surface area contributed by atoms with Crippen molar-refractivity contribution in [3.8, 4) is 0 Å². The average Bonchev–Trinajstić information content (AvgIpc) is 2.49. The summed E-state index contributed by atoms with van der Waals surface area (Å²) in [7, 11) is 0. The Balaban J connectivity index is 1.83. The van der Waals surface area contributed by atoms with Gasteiger partial charge in [0.25, 0.3) is 0 Å². The molecule has 0 atom stereocenters. The van der Waals surface area contributed by atoms with Crippen LogP contribution in [-0.2, 0) is 4.79 Å². The Morgan fingerprint density at radius 1 is 1.20 bits per heavy atom. The zero-order chi connectivity index (χ0) is 14.4. The van der Waals surface area contributed by atoms with Crippen LogP contribution in [0.15, 0.2) is 24.3 Å². The molecule has 0 bridgehead atoms. The predicted octanol–water partition coefficient (Wildman–Crippen LogP) is 2.05. The van der Waals surface area contributed by atoms with Crippen LogP contribution in [0.2, 0.25) is 0 Å². The number of carbonyl (C=O) groups is 1. The van der Waals surface area contributed by atoms with E-state index in [1.54, 1.807) is 0 Å². The topological polar surface area (TPSA) is 61.4 Å². The van der Waals surface area contributed by atoms with Crippen LogP contribution >= 0.6 is 0 Å². The summed E-state index contributed by atoms with van der Waals surface area (Å²) in [4.78, 5) is 11.8. The fourth-order valence-electron chi connectivity index (χ4n) is 2.63. The second-order valence-electron chi connectivity index (χ2n) is 5.41. The van der Waals surface area contributed by atoms with Crippen LogP contribution in [0.25, 0.3) is 0 Å². The Kier molecular flexibility index (Phi) is 5.09. The molecule has 0 radical (unpaired) electrons. The molecule has 1 amide bonds. The number of amides is 1. The molecule has 1 saturated carbocycles. The van der Waals surface area contributed by atoms with Crippen molar-refractivity contribution in [1.29, 1.82) is 0 Å². The number of hydrogen-bond acceptors (Lipinski definition) is 3. The third kappa shape index (κ3) is 4.02. The smallest absolute Gasteiger partial charge is 0.238 e. The van der Waals surface area contributed by atoms with Crippen LogP contribution in [0.4, 0.5) is 10.1 Å². The van der Waals surface area contributed by atoms with Gasteiger partial charge in [-0.05, 0) is 37.1 Å². The molecule has 2 rings (SSSR count). The quantitative estimate of drug-likeness (QED) is 0.773. The van der Waals surface area contributed by atoms with Gasteiger partial charge in [-0.1, -0.05) is 19.3 Å². The third-order valence-electron chi connectivity index (χ3n) is 3.87. The first-order valence-corrected chi connectivity index (χ1v) is 7.05. The summed E-state index contributed by atoms with van der Waals surface area (Å²) < 4.78 is 12.8. The molecular weight excluding hydrogens is 259 g/mol. The van der Waals surface area contributed by atoms with Gasteiger partial charge in [0.1, 0.15) is 5.82 Å². The Morgan fingerprint density at radius 2 is 1.85 bits per heavy atom. The zero-order valence-corrected chi connectivity index (χ0v) is 11.5. The maximum atomic E-state index is 12.8. The van der Waals surface area contributed by atoms with Crippen molar-refractivity contribution in [3.63, 3.8) is 0 Å². The largest absolute Gasteiger partial charge is 0.394 e. The SMILES string of the molecule is O=C(CNC1(CO)CCCCC1)Nc1ccc(F)cc1. The minimum absolute atomic E-state index is 0.0524. The number of aliphatic hydroxyl groups excluding tert-OH is 1. The molecule has 20 heavy (non-hydrogen) atoms. The molecule has 1 aliphatic rings. The molecule has 3 N–H and O–H groups in total. The van der Waals surface area contributed by atoms with Gasteiger partial charge in [-0.25, -0.2) is 4.39 Å². The number of aliphatic hydroxyl groups is 1. The molecule has 1 aromatic carbocycles. The molecule has 110 valence electrons. The van der Waals surface area contributed by atoms with Crippen molar-refractivity contribution in [1.82, 2.24) is 5.32 Å². The summed E-state index contributed by atoms with van der Waals surface area (Å²) in [5.74, 6) is -0.516. The van der Waals surface area contributed by atoms with Gasteiger partial charge in [-0.15, -0.1) is 0 Å². The number of nitrogens with one attached hydrogen (secondary N) is 2. The number of rotatable bonds is 5. The Labute approximate surface area is 118 Å². The van der Waals surface area contributed by atoms with Gasteiger partial charge in [0.05, 0.1) is 13.2 Å². The highest BCUT2D eigenvalue weighted by Gasteiger charge is 2.31. The van der Waals surface area contributed by atoms with Gasteiger partial charge >= 0.3 is 0 Å². The van der Waals surface area contributed by atoms with E-state index in [1.807, 2.05) is 0 Å². The zero-order valence-electron chi connectivity index (χ0n) is 11.5. The average molecular weight is 280 g/mol. The second-order valence-corrected chi connectivity index (χ2v) is 5.41. The maximum absolute atomic E-state index is 12.8. The number of carbonyl (C=O) groups excluding carboxylic acids is 1. The summed E-state index contributed by atoms with van der Waals surface area (Å²) in [6.07, 6.45) is 5.13. The molecule has 1 aliphatic carbocycles. The normalized spacial score (nSPS) is 17.7. The van der Waals surface area contributed by atoms with Gasteiger partial charge in [0.15, 0.2) is 0 Å². The standard InChI is InChI=1S/C15H21FN2O2/c16-12-4-6-13(7-5-12)18-14(20)10-17-15(11-19)8-2-1-3-9-15/h4-7,17,19H,1-3,8-11H2,(H,18,20). The van der Waals surface area contributed by atoms with E-state index in [9.17, 15) is 14.3 Å². The highest BCUT2D eigenvalue weighted by atomic mass is 19.1. The van der Waals surface area contributed by atoms with E-state index >= 15 is 0 Å². The van der Waals surface area contributed by atoms with E-state index in [-0.39, 0.29) is 30.4 Å². The van der Waals surface area contributed by atoms with Crippen molar-refractivity contribution in [2.75, 3.05) is 18.5 Å². The molecule has 0 saturated heterocycles. The van der Waals surface area contributed by atoms with E-state index in [1.165, 1.54) is 30.7 Å². The summed E-state index contributed by atoms with van der Waals surface area (Å²) in [6.45, 7) is 0.203. The molecule has 0 unspecified atom stereocenters. The van der Waals surface area contributed by atoms with Crippen molar-refractivity contribution in [2.24, 2.45) is 0 Å². The van der Waals surface area contributed by atoms with Crippen LogP contribution in [0.1, 0.15) is 32.1 Å². The summed E-state index contributed by atoms with van der Waals surface area (Å²) >= 11 is 0. The van der Waals surface area contributed by atoms with E-state index in [0.29, 0.717) is 5.69 Å². The van der Waals surface area contributed by atoms with E-state index in [4.69, 9.17) is 0 Å². The summed E-state index contributed by atoms with van der Waals surface area (Å²) in [6, 6.07) is 5.66. The fraction of sp³-hybridized carbons (Fsp3) is 0.533. The molecule has 0 aliphatic heterocycles. The van der Waals surface area contributed by atoms with Crippen molar-refractivity contribution in [3.05, 3.63) is 30.1 Å². The Bertz CT molecular complexity index is 442. The van der Waals surface area contributed by atoms with Crippen LogP contribution in [0, 0.1) is 5.82 Å². The first kappa shape index (κ1) is 14.9. The lowest BCUT2D eigenvalue weighted by Gasteiger charge is -2.36. The lowest BCUT2D eigenvalue weighted by Crippen LogP contribution is -2.52. The molecule has 0 heterocycles. The lowest BCUT2D eigenvalue weighted by molar-refractivity contribution is -0.116. The van der Waals surface area contributed by atoms with Crippen LogP contribution in [0.3, 0.4) is 0 Å². The first-order chi connectivity index (χ1) is 9.63. The van der Waals surface area contributed by atoms with Gasteiger partial charge in [0.2, 0.25) is 5.91 Å². The van der Waals surface area contributed by atoms with Crippen LogP contribution < -0.4 is 10.6 Å². The van der Waals surface area contributed by atoms with Gasteiger partial charge in [-0.2, -0.15) is 0 Å². The minimum Gasteiger partial charge on any atom is -0.394 e. The molecule has 0 spiro atoms. The second kappa shape index (κ2) is 6.81. The highest BCUT2D eigenvalue weighted by molar-refractivity contribution is 5.92. The van der Waals surface area contributed by atoms with Crippen molar-refractivity contribution in [2.45, 2.75) is 37.6 Å². The minimum atomic E-state index is -0.331. The fourth-order valence-corrected chi connectivity index (χ4v) is 2.63. The molecule has 0 aromatic heterocycles. The number of benzene rings is 1. The first-order valence-electron chi connectivity index (χ1n) is 7.05. The van der Waals surface area contributed by atoms with Gasteiger partial charge in [-0.3, -0.25) is 4.79 Å². The summed E-state index contributed by atoms with van der Waals surface area (Å²) in [5.41, 5.74) is 0.248. The van der Waals surface area contributed by atoms with Crippen LogP contribution in [-0.4, -0.2) is 29.7 Å². The molecular formula is C15H21FN2O2. The highest BCUT2D eigenvalue weighted by Crippen LogP contribution is 2.27. The third-order valence-corrected chi connectivity index (χ3v) is 3.87. The molecule has 1 aromatic rings. The number of anilines is 1. The van der Waals surface area contributed by atoms with E-state index < -0.39 is 0 Å². The number of hydrogen-bond donors (Lipinski definition) is 3. The Hall–Kier alpha value is -1.46. The van der Waals surface area contributed by atoms with Gasteiger partial charge < -0.3 is 15.7 Å². The van der Waals surface area contributed by atoms with Crippen LogP contribution in [0.5, 0.6) is 0 Å². The van der Waals surface area contributed by atoms with E-state index in [0.717, 1.165) is 25.7 Å². The van der Waals surface area contributed by atoms with Crippen molar-refractivity contribution >= 4 is 11.6 Å². The monoisotopic (exact) mass is 280 g/mol. The summed E-state index contributed by atoms with van der Waals surface area (Å²) in [5, 5.41) is 15.4. The van der Waals surface area contributed by atoms with Gasteiger partial charge in [0, 0.05) is 11.2 Å².